The van der Waals surface area contributed by atoms with Crippen molar-refractivity contribution in [3.05, 3.63) is 12.2 Å². The molecule has 0 saturated heterocycles. The highest BCUT2D eigenvalue weighted by atomic mass is 32.2. The number of allylic oxidation sites excluding steroid dienone is 1. The summed E-state index contributed by atoms with van der Waals surface area (Å²) in [5.74, 6) is 0. The minimum Gasteiger partial charge on any atom is -0.162 e. The fourth-order valence-corrected chi connectivity index (χ4v) is 2.61. The monoisotopic (exact) mass is 228 g/mol. The van der Waals surface area contributed by atoms with Crippen LogP contribution in [0.5, 0.6) is 0 Å². The largest absolute Gasteiger partial charge is 0.162 e. The zero-order chi connectivity index (χ0) is 11.5. The Bertz CT molecular complexity index is 151. The van der Waals surface area contributed by atoms with Crippen LogP contribution in [0.3, 0.4) is 0 Å². The van der Waals surface area contributed by atoms with Gasteiger partial charge in [-0.2, -0.15) is 11.8 Å². The van der Waals surface area contributed by atoms with Gasteiger partial charge in [0.2, 0.25) is 0 Å². The summed E-state index contributed by atoms with van der Waals surface area (Å²) in [6.07, 6.45) is 13.2. The van der Waals surface area contributed by atoms with Gasteiger partial charge in [0.25, 0.3) is 0 Å². The molecule has 0 fully saturated rings. The number of hydrogen-bond donors (Lipinski definition) is 0. The lowest BCUT2D eigenvalue weighted by atomic mass is 10.1. The van der Waals surface area contributed by atoms with E-state index in [4.69, 9.17) is 0 Å². The van der Waals surface area contributed by atoms with Crippen LogP contribution in [-0.2, 0) is 0 Å². The molecule has 0 N–H and O–H groups in total. The van der Waals surface area contributed by atoms with Crippen LogP contribution < -0.4 is 0 Å². The fourth-order valence-electron chi connectivity index (χ4n) is 1.80. The van der Waals surface area contributed by atoms with Gasteiger partial charge in [0.1, 0.15) is 0 Å². The highest BCUT2D eigenvalue weighted by Gasteiger charge is 2.05. The van der Waals surface area contributed by atoms with Crippen molar-refractivity contribution < 1.29 is 0 Å². The van der Waals surface area contributed by atoms with Crippen molar-refractivity contribution in [1.82, 2.24) is 0 Å². The van der Waals surface area contributed by atoms with E-state index in [2.05, 4.69) is 38.4 Å². The molecule has 0 aliphatic heterocycles. The molecule has 0 aliphatic carbocycles. The zero-order valence-electron chi connectivity index (χ0n) is 10.8. The highest BCUT2D eigenvalue weighted by Crippen LogP contribution is 2.21. The van der Waals surface area contributed by atoms with E-state index in [9.17, 15) is 0 Å². The quantitative estimate of drug-likeness (QED) is 0.354. The normalized spacial score (nSPS) is 12.7. The van der Waals surface area contributed by atoms with Gasteiger partial charge in [-0.05, 0) is 38.9 Å². The predicted octanol–water partition coefficient (Wildman–Crippen LogP) is 5.43. The summed E-state index contributed by atoms with van der Waals surface area (Å²) >= 11 is 2.06. The van der Waals surface area contributed by atoms with E-state index < -0.39 is 0 Å². The summed E-state index contributed by atoms with van der Waals surface area (Å²) in [4.78, 5) is 0. The van der Waals surface area contributed by atoms with Crippen molar-refractivity contribution >= 4 is 11.8 Å². The van der Waals surface area contributed by atoms with Gasteiger partial charge in [0.15, 0.2) is 0 Å². The summed E-state index contributed by atoms with van der Waals surface area (Å²) < 4.78 is 0. The van der Waals surface area contributed by atoms with E-state index in [1.807, 2.05) is 0 Å². The minimum atomic E-state index is 0.904. The Kier molecular flexibility index (Phi) is 10.7. The second-order valence-electron chi connectivity index (χ2n) is 4.56. The van der Waals surface area contributed by atoms with Crippen LogP contribution in [0.1, 0.15) is 65.2 Å². The van der Waals surface area contributed by atoms with Crippen molar-refractivity contribution in [2.24, 2.45) is 0 Å². The lowest BCUT2D eigenvalue weighted by Gasteiger charge is -2.13. The van der Waals surface area contributed by atoms with Gasteiger partial charge in [-0.3, -0.25) is 0 Å². The van der Waals surface area contributed by atoms with E-state index in [1.165, 1.54) is 56.9 Å². The molecule has 0 bridgehead atoms. The van der Waals surface area contributed by atoms with E-state index in [1.54, 1.807) is 0 Å². The van der Waals surface area contributed by atoms with Crippen LogP contribution in [0.25, 0.3) is 0 Å². The first-order valence-electron chi connectivity index (χ1n) is 6.37. The Morgan fingerprint density at radius 3 is 2.20 bits per heavy atom. The van der Waals surface area contributed by atoms with Crippen LogP contribution in [0.4, 0.5) is 0 Å². The third-order valence-electron chi connectivity index (χ3n) is 2.84. The Labute approximate surface area is 101 Å². The molecule has 0 radical (unpaired) electrons. The molecular weight excluding hydrogens is 200 g/mol. The number of thioether (sulfide) groups is 1. The molecular formula is C14H28S. The van der Waals surface area contributed by atoms with E-state index in [0.717, 1.165) is 5.25 Å². The first kappa shape index (κ1) is 15.1. The van der Waals surface area contributed by atoms with Crippen LogP contribution in [-0.4, -0.2) is 11.5 Å². The van der Waals surface area contributed by atoms with Crippen molar-refractivity contribution in [2.75, 3.05) is 6.26 Å². The average Bonchev–Trinajstić information content (AvgIpc) is 2.21. The van der Waals surface area contributed by atoms with Gasteiger partial charge in [0.05, 0.1) is 0 Å². The molecule has 0 nitrogen and oxygen atoms in total. The van der Waals surface area contributed by atoms with E-state index in [-0.39, 0.29) is 0 Å². The molecule has 1 heteroatoms. The molecule has 90 valence electrons. The zero-order valence-corrected chi connectivity index (χ0v) is 11.7. The molecule has 0 aliphatic rings. The fraction of sp³-hybridized carbons (Fsp3) is 0.857. The standard InChI is InChI=1S/C14H28S/c1-5-6-7-11-14(15-4)12-9-8-10-13(2)3/h14H,2,5-12H2,1,3-4H3. The van der Waals surface area contributed by atoms with Gasteiger partial charge < -0.3 is 0 Å². The molecule has 0 aromatic heterocycles. The predicted molar refractivity (Wildman–Crippen MR) is 74.7 cm³/mol. The first-order chi connectivity index (χ1) is 7.20. The van der Waals surface area contributed by atoms with Crippen LogP contribution >= 0.6 is 11.8 Å². The first-order valence-corrected chi connectivity index (χ1v) is 7.66. The summed E-state index contributed by atoms with van der Waals surface area (Å²) in [5.41, 5.74) is 1.33. The third kappa shape index (κ3) is 10.4. The summed E-state index contributed by atoms with van der Waals surface area (Å²) in [5, 5.41) is 0.904. The molecule has 0 rings (SSSR count). The number of unbranched alkanes of at least 4 members (excludes halogenated alkanes) is 3. The average molecular weight is 228 g/mol. The second-order valence-corrected chi connectivity index (χ2v) is 5.69. The molecule has 1 atom stereocenters. The summed E-state index contributed by atoms with van der Waals surface area (Å²) in [6, 6.07) is 0. The van der Waals surface area contributed by atoms with E-state index >= 15 is 0 Å². The number of hydrogen-bond acceptors (Lipinski definition) is 1. The van der Waals surface area contributed by atoms with Crippen LogP contribution in [0, 0.1) is 0 Å². The molecule has 0 heterocycles. The smallest absolute Gasteiger partial charge is 0.00442 e. The second kappa shape index (κ2) is 10.6. The third-order valence-corrected chi connectivity index (χ3v) is 3.98. The molecule has 0 spiro atoms. The summed E-state index contributed by atoms with van der Waals surface area (Å²) in [6.45, 7) is 8.36. The minimum absolute atomic E-state index is 0.904. The molecule has 1 unspecified atom stereocenters. The van der Waals surface area contributed by atoms with Gasteiger partial charge in [0, 0.05) is 5.25 Å². The van der Waals surface area contributed by atoms with Gasteiger partial charge in [-0.15, -0.1) is 6.58 Å². The Morgan fingerprint density at radius 2 is 1.73 bits per heavy atom. The molecule has 0 saturated carbocycles. The van der Waals surface area contributed by atoms with Crippen molar-refractivity contribution in [2.45, 2.75) is 70.5 Å². The molecule has 0 amide bonds. The molecule has 0 aromatic rings. The Morgan fingerprint density at radius 1 is 1.13 bits per heavy atom. The van der Waals surface area contributed by atoms with Crippen LogP contribution in [0.2, 0.25) is 0 Å². The number of rotatable bonds is 10. The SMILES string of the molecule is C=C(C)CCCCC(CCCCC)SC. The molecule has 0 aromatic carbocycles. The Hall–Kier alpha value is 0.0900. The lowest BCUT2D eigenvalue weighted by molar-refractivity contribution is 0.587. The van der Waals surface area contributed by atoms with Gasteiger partial charge >= 0.3 is 0 Å². The topological polar surface area (TPSA) is 0 Å². The maximum Gasteiger partial charge on any atom is 0.00442 e. The molecule has 15 heavy (non-hydrogen) atoms. The maximum absolute atomic E-state index is 3.95. The van der Waals surface area contributed by atoms with Crippen LogP contribution in [0.15, 0.2) is 12.2 Å². The van der Waals surface area contributed by atoms with E-state index in [0.29, 0.717) is 0 Å². The van der Waals surface area contributed by atoms with Crippen molar-refractivity contribution in [3.8, 4) is 0 Å². The highest BCUT2D eigenvalue weighted by molar-refractivity contribution is 7.99. The van der Waals surface area contributed by atoms with Crippen molar-refractivity contribution in [3.63, 3.8) is 0 Å². The van der Waals surface area contributed by atoms with Gasteiger partial charge in [-0.1, -0.05) is 38.2 Å². The Balaban J connectivity index is 3.39. The van der Waals surface area contributed by atoms with Crippen molar-refractivity contribution in [1.29, 1.82) is 0 Å². The maximum atomic E-state index is 3.95. The summed E-state index contributed by atoms with van der Waals surface area (Å²) in [7, 11) is 0. The van der Waals surface area contributed by atoms with Gasteiger partial charge in [-0.25, -0.2) is 0 Å². The lowest BCUT2D eigenvalue weighted by Crippen LogP contribution is -2.01.